The largest absolute Gasteiger partial charge is 0.342 e. The highest BCUT2D eigenvalue weighted by molar-refractivity contribution is 5.84. The lowest BCUT2D eigenvalue weighted by molar-refractivity contribution is -0.134. The molecule has 2 nitrogen and oxygen atoms in total. The van der Waals surface area contributed by atoms with Crippen molar-refractivity contribution in [1.82, 2.24) is 4.90 Å². The third-order valence-electron chi connectivity index (χ3n) is 2.66. The lowest BCUT2D eigenvalue weighted by atomic mass is 9.89. The SMILES string of the molecule is CCC1CC(C)(C)C(=O)N1C. The molecule has 0 saturated carbocycles. The van der Waals surface area contributed by atoms with Crippen molar-refractivity contribution in [2.45, 2.75) is 39.7 Å². The maximum atomic E-state index is 11.5. The molecular weight excluding hydrogens is 138 g/mol. The maximum Gasteiger partial charge on any atom is 0.228 e. The van der Waals surface area contributed by atoms with Crippen LogP contribution in [0.2, 0.25) is 0 Å². The van der Waals surface area contributed by atoms with Crippen molar-refractivity contribution in [2.75, 3.05) is 7.05 Å². The van der Waals surface area contributed by atoms with Gasteiger partial charge in [-0.3, -0.25) is 4.79 Å². The van der Waals surface area contributed by atoms with E-state index in [9.17, 15) is 4.79 Å². The van der Waals surface area contributed by atoms with E-state index < -0.39 is 0 Å². The zero-order valence-corrected chi connectivity index (χ0v) is 7.85. The highest BCUT2D eigenvalue weighted by Crippen LogP contribution is 2.35. The van der Waals surface area contributed by atoms with Gasteiger partial charge in [-0.05, 0) is 12.8 Å². The van der Waals surface area contributed by atoms with Crippen molar-refractivity contribution in [3.05, 3.63) is 0 Å². The van der Waals surface area contributed by atoms with Gasteiger partial charge < -0.3 is 4.90 Å². The number of nitrogens with zero attached hydrogens (tertiary/aromatic N) is 1. The topological polar surface area (TPSA) is 20.3 Å². The maximum absolute atomic E-state index is 11.5. The molecule has 1 rings (SSSR count). The van der Waals surface area contributed by atoms with Gasteiger partial charge in [0.1, 0.15) is 0 Å². The molecule has 0 N–H and O–H groups in total. The van der Waals surface area contributed by atoms with E-state index in [1.54, 1.807) is 0 Å². The van der Waals surface area contributed by atoms with Gasteiger partial charge in [-0.1, -0.05) is 20.8 Å². The van der Waals surface area contributed by atoms with Crippen LogP contribution in [0.4, 0.5) is 0 Å². The van der Waals surface area contributed by atoms with Gasteiger partial charge in [-0.15, -0.1) is 0 Å². The lowest BCUT2D eigenvalue weighted by Crippen LogP contribution is -2.30. The van der Waals surface area contributed by atoms with Crippen LogP contribution in [0.5, 0.6) is 0 Å². The van der Waals surface area contributed by atoms with Crippen LogP contribution in [0, 0.1) is 5.41 Å². The molecule has 0 aromatic heterocycles. The van der Waals surface area contributed by atoms with Gasteiger partial charge >= 0.3 is 0 Å². The lowest BCUT2D eigenvalue weighted by Gasteiger charge is -2.17. The Bertz CT molecular complexity index is 174. The van der Waals surface area contributed by atoms with Crippen LogP contribution in [-0.4, -0.2) is 23.9 Å². The fourth-order valence-electron chi connectivity index (χ4n) is 1.87. The molecule has 0 aliphatic carbocycles. The predicted octanol–water partition coefficient (Wildman–Crippen LogP) is 1.65. The second-order valence-electron chi connectivity index (χ2n) is 4.07. The fraction of sp³-hybridized carbons (Fsp3) is 0.889. The average molecular weight is 155 g/mol. The van der Waals surface area contributed by atoms with Crippen molar-refractivity contribution in [3.63, 3.8) is 0 Å². The minimum atomic E-state index is -0.116. The predicted molar refractivity (Wildman–Crippen MR) is 45.2 cm³/mol. The number of carbonyl (C=O) groups excluding carboxylic acids is 1. The molecule has 1 aliphatic rings. The Kier molecular flexibility index (Phi) is 1.95. The molecule has 64 valence electrons. The summed E-state index contributed by atoms with van der Waals surface area (Å²) in [5.74, 6) is 0.296. The third-order valence-corrected chi connectivity index (χ3v) is 2.66. The van der Waals surface area contributed by atoms with Gasteiger partial charge in [0.15, 0.2) is 0 Å². The van der Waals surface area contributed by atoms with Gasteiger partial charge in [0.2, 0.25) is 5.91 Å². The third kappa shape index (κ3) is 1.26. The first-order valence-electron chi connectivity index (χ1n) is 4.26. The second kappa shape index (κ2) is 2.50. The van der Waals surface area contributed by atoms with E-state index in [0.717, 1.165) is 12.8 Å². The Balaban J connectivity index is 2.77. The summed E-state index contributed by atoms with van der Waals surface area (Å²) in [6.45, 7) is 6.19. The first kappa shape index (κ1) is 8.57. The first-order chi connectivity index (χ1) is 4.99. The monoisotopic (exact) mass is 155 g/mol. The van der Waals surface area contributed by atoms with E-state index >= 15 is 0 Å². The highest BCUT2D eigenvalue weighted by Gasteiger charge is 2.42. The Morgan fingerprint density at radius 2 is 2.18 bits per heavy atom. The molecule has 1 aliphatic heterocycles. The van der Waals surface area contributed by atoms with E-state index in [4.69, 9.17) is 0 Å². The van der Waals surface area contributed by atoms with Gasteiger partial charge in [-0.2, -0.15) is 0 Å². The van der Waals surface area contributed by atoms with Crippen molar-refractivity contribution in [1.29, 1.82) is 0 Å². The van der Waals surface area contributed by atoms with Crippen molar-refractivity contribution in [3.8, 4) is 0 Å². The molecule has 0 spiro atoms. The molecule has 0 aromatic carbocycles. The molecule has 1 saturated heterocycles. The second-order valence-corrected chi connectivity index (χ2v) is 4.07. The average Bonchev–Trinajstić information content (AvgIpc) is 2.13. The first-order valence-corrected chi connectivity index (χ1v) is 4.26. The molecule has 2 heteroatoms. The summed E-state index contributed by atoms with van der Waals surface area (Å²) in [7, 11) is 1.91. The van der Waals surface area contributed by atoms with Crippen LogP contribution < -0.4 is 0 Å². The quantitative estimate of drug-likeness (QED) is 0.564. The summed E-state index contributed by atoms with van der Waals surface area (Å²) in [4.78, 5) is 13.4. The molecule has 11 heavy (non-hydrogen) atoms. The van der Waals surface area contributed by atoms with Crippen molar-refractivity contribution < 1.29 is 4.79 Å². The minimum Gasteiger partial charge on any atom is -0.342 e. The van der Waals surface area contributed by atoms with Crippen LogP contribution in [0.15, 0.2) is 0 Å². The Morgan fingerprint density at radius 1 is 1.64 bits per heavy atom. The standard InChI is InChI=1S/C9H17NO/c1-5-7-6-9(2,3)8(11)10(7)4/h7H,5-6H2,1-4H3. The summed E-state index contributed by atoms with van der Waals surface area (Å²) in [5, 5.41) is 0. The summed E-state index contributed by atoms with van der Waals surface area (Å²) in [5.41, 5.74) is -0.116. The van der Waals surface area contributed by atoms with E-state index in [2.05, 4.69) is 6.92 Å². The highest BCUT2D eigenvalue weighted by atomic mass is 16.2. The molecule has 1 heterocycles. The number of hydrogen-bond acceptors (Lipinski definition) is 1. The zero-order valence-electron chi connectivity index (χ0n) is 7.85. The van der Waals surface area contributed by atoms with E-state index in [0.29, 0.717) is 11.9 Å². The van der Waals surface area contributed by atoms with Crippen LogP contribution in [0.25, 0.3) is 0 Å². The fourth-order valence-corrected chi connectivity index (χ4v) is 1.87. The molecule has 0 bridgehead atoms. The molecule has 0 radical (unpaired) electrons. The van der Waals surface area contributed by atoms with Gasteiger partial charge in [0.05, 0.1) is 0 Å². The zero-order chi connectivity index (χ0) is 8.65. The van der Waals surface area contributed by atoms with Crippen LogP contribution >= 0.6 is 0 Å². The van der Waals surface area contributed by atoms with Gasteiger partial charge in [0, 0.05) is 18.5 Å². The smallest absolute Gasteiger partial charge is 0.228 e. The van der Waals surface area contributed by atoms with Crippen LogP contribution in [-0.2, 0) is 4.79 Å². The van der Waals surface area contributed by atoms with Gasteiger partial charge in [-0.25, -0.2) is 0 Å². The number of likely N-dealkylation sites (tertiary alicyclic amines) is 1. The number of rotatable bonds is 1. The van der Waals surface area contributed by atoms with Crippen molar-refractivity contribution in [2.24, 2.45) is 5.41 Å². The van der Waals surface area contributed by atoms with E-state index in [-0.39, 0.29) is 5.41 Å². The molecule has 1 atom stereocenters. The normalized spacial score (nSPS) is 29.6. The van der Waals surface area contributed by atoms with E-state index in [1.165, 1.54) is 0 Å². The Morgan fingerprint density at radius 3 is 2.36 bits per heavy atom. The summed E-state index contributed by atoms with van der Waals surface area (Å²) in [6, 6.07) is 0.470. The number of hydrogen-bond donors (Lipinski definition) is 0. The Hall–Kier alpha value is -0.530. The Labute approximate surface area is 68.6 Å². The summed E-state index contributed by atoms with van der Waals surface area (Å²) in [6.07, 6.45) is 2.09. The van der Waals surface area contributed by atoms with Gasteiger partial charge in [0.25, 0.3) is 0 Å². The van der Waals surface area contributed by atoms with Crippen LogP contribution in [0.3, 0.4) is 0 Å². The summed E-state index contributed by atoms with van der Waals surface area (Å²) < 4.78 is 0. The van der Waals surface area contributed by atoms with Crippen LogP contribution in [0.1, 0.15) is 33.6 Å². The number of carbonyl (C=O) groups is 1. The van der Waals surface area contributed by atoms with E-state index in [1.807, 2.05) is 25.8 Å². The number of amides is 1. The molecule has 0 aromatic rings. The summed E-state index contributed by atoms with van der Waals surface area (Å²) >= 11 is 0. The van der Waals surface area contributed by atoms with Crippen molar-refractivity contribution >= 4 is 5.91 Å². The molecular formula is C9H17NO. The molecule has 1 fully saturated rings. The molecule has 1 amide bonds. The minimum absolute atomic E-state index is 0.116. The molecule has 1 unspecified atom stereocenters.